The number of halogens is 2. The number of esters is 1. The fourth-order valence-corrected chi connectivity index (χ4v) is 4.09. The lowest BCUT2D eigenvalue weighted by Gasteiger charge is -2.47. The Hall–Kier alpha value is -1.83. The molecule has 0 aromatic heterocycles. The van der Waals surface area contributed by atoms with E-state index in [1.54, 1.807) is 30.0 Å². The van der Waals surface area contributed by atoms with Crippen molar-refractivity contribution in [1.82, 2.24) is 4.90 Å². The molecule has 0 radical (unpaired) electrons. The Bertz CT molecular complexity index is 727. The number of carboxylic acid groups (broad SMARTS) is 1. The second kappa shape index (κ2) is 8.46. The molecule has 1 N–H and O–H groups in total. The summed E-state index contributed by atoms with van der Waals surface area (Å²) in [7, 11) is 1.25. The van der Waals surface area contributed by atoms with E-state index in [0.29, 0.717) is 13.1 Å². The van der Waals surface area contributed by atoms with E-state index >= 15 is 0 Å². The van der Waals surface area contributed by atoms with Gasteiger partial charge < -0.3 is 9.84 Å². The molecule has 1 fully saturated rings. The molecule has 1 heterocycles. The number of likely N-dealkylation sites (tertiary alicyclic amines) is 1. The first-order chi connectivity index (χ1) is 12.7. The van der Waals surface area contributed by atoms with Crippen LogP contribution in [0.4, 0.5) is 5.69 Å². The van der Waals surface area contributed by atoms with Crippen LogP contribution in [0.1, 0.15) is 26.7 Å². The predicted octanol–water partition coefficient (Wildman–Crippen LogP) is 2.83. The zero-order valence-corrected chi connectivity index (χ0v) is 16.9. The standard InChI is InChI=1S/C18H22Cl2N2O5/c1-11(16(24)25)21-9-7-18(8-10-21,17(26)27-3)22(12(2)23)15-13(19)5-4-6-14(15)20/h4-6,11H,7-10H2,1-3H3,(H,24,25). The molecule has 0 spiro atoms. The monoisotopic (exact) mass is 416 g/mol. The van der Waals surface area contributed by atoms with Gasteiger partial charge in [-0.2, -0.15) is 0 Å². The highest BCUT2D eigenvalue weighted by molar-refractivity contribution is 6.40. The number of carbonyl (C=O) groups is 3. The van der Waals surface area contributed by atoms with Crippen molar-refractivity contribution in [3.05, 3.63) is 28.2 Å². The van der Waals surface area contributed by atoms with Crippen LogP contribution in [-0.4, -0.2) is 59.6 Å². The molecule has 0 saturated carbocycles. The first kappa shape index (κ1) is 21.5. The van der Waals surface area contributed by atoms with Gasteiger partial charge in [0.2, 0.25) is 5.91 Å². The first-order valence-electron chi connectivity index (χ1n) is 8.45. The van der Waals surface area contributed by atoms with Gasteiger partial charge in [0.25, 0.3) is 0 Å². The SMILES string of the molecule is COC(=O)C1(N(C(C)=O)c2c(Cl)cccc2Cl)CCN(C(C)C(=O)O)CC1. The highest BCUT2D eigenvalue weighted by atomic mass is 35.5. The average molecular weight is 417 g/mol. The van der Waals surface area contributed by atoms with E-state index in [4.69, 9.17) is 27.9 Å². The van der Waals surface area contributed by atoms with Crippen molar-refractivity contribution >= 4 is 46.7 Å². The summed E-state index contributed by atoms with van der Waals surface area (Å²) in [6.45, 7) is 3.51. The zero-order chi connectivity index (χ0) is 20.4. The summed E-state index contributed by atoms with van der Waals surface area (Å²) in [6, 6.07) is 4.13. The number of amides is 1. The van der Waals surface area contributed by atoms with Gasteiger partial charge in [0, 0.05) is 20.0 Å². The summed E-state index contributed by atoms with van der Waals surface area (Å²) in [4.78, 5) is 39.7. The number of nitrogens with zero attached hydrogens (tertiary/aromatic N) is 2. The van der Waals surface area contributed by atoms with Gasteiger partial charge in [-0.3, -0.25) is 19.4 Å². The number of rotatable bonds is 5. The van der Waals surface area contributed by atoms with E-state index in [-0.39, 0.29) is 28.6 Å². The summed E-state index contributed by atoms with van der Waals surface area (Å²) in [6.07, 6.45) is 0.386. The van der Waals surface area contributed by atoms with Crippen LogP contribution in [0.15, 0.2) is 18.2 Å². The molecule has 1 saturated heterocycles. The Balaban J connectivity index is 2.50. The number of aliphatic carboxylic acids is 1. The second-order valence-electron chi connectivity index (χ2n) is 6.50. The summed E-state index contributed by atoms with van der Waals surface area (Å²) in [5.74, 6) is -1.94. The van der Waals surface area contributed by atoms with Gasteiger partial charge in [-0.15, -0.1) is 0 Å². The van der Waals surface area contributed by atoms with Crippen LogP contribution in [0.5, 0.6) is 0 Å². The number of ether oxygens (including phenoxy) is 1. The number of para-hydroxylation sites is 1. The largest absolute Gasteiger partial charge is 0.480 e. The number of benzene rings is 1. The lowest BCUT2D eigenvalue weighted by atomic mass is 9.84. The van der Waals surface area contributed by atoms with E-state index in [1.807, 2.05) is 0 Å². The Kier molecular flexibility index (Phi) is 6.72. The number of methoxy groups -OCH3 is 1. The van der Waals surface area contributed by atoms with Gasteiger partial charge in [0.15, 0.2) is 0 Å². The van der Waals surface area contributed by atoms with Crippen molar-refractivity contribution < 1.29 is 24.2 Å². The maximum atomic E-state index is 12.8. The summed E-state index contributed by atoms with van der Waals surface area (Å²) >= 11 is 12.6. The van der Waals surface area contributed by atoms with Crippen LogP contribution >= 0.6 is 23.2 Å². The van der Waals surface area contributed by atoms with Crippen molar-refractivity contribution in [1.29, 1.82) is 0 Å². The van der Waals surface area contributed by atoms with Crippen LogP contribution < -0.4 is 4.90 Å². The van der Waals surface area contributed by atoms with E-state index in [0.717, 1.165) is 0 Å². The Morgan fingerprint density at radius 1 is 1.22 bits per heavy atom. The minimum Gasteiger partial charge on any atom is -0.480 e. The quantitative estimate of drug-likeness (QED) is 0.742. The summed E-state index contributed by atoms with van der Waals surface area (Å²) < 4.78 is 5.01. The van der Waals surface area contributed by atoms with E-state index in [1.165, 1.54) is 18.9 Å². The van der Waals surface area contributed by atoms with Gasteiger partial charge in [0.1, 0.15) is 11.6 Å². The van der Waals surface area contributed by atoms with Crippen molar-refractivity contribution in [2.24, 2.45) is 0 Å². The van der Waals surface area contributed by atoms with Crippen LogP contribution in [0.2, 0.25) is 10.0 Å². The van der Waals surface area contributed by atoms with Gasteiger partial charge >= 0.3 is 11.9 Å². The number of hydrogen-bond donors (Lipinski definition) is 1. The number of hydrogen-bond acceptors (Lipinski definition) is 5. The van der Waals surface area contributed by atoms with Crippen molar-refractivity contribution in [3.8, 4) is 0 Å². The molecule has 0 aliphatic carbocycles. The smallest absolute Gasteiger partial charge is 0.332 e. The normalized spacial score (nSPS) is 17.8. The molecule has 27 heavy (non-hydrogen) atoms. The molecular weight excluding hydrogens is 395 g/mol. The molecule has 1 aromatic rings. The first-order valence-corrected chi connectivity index (χ1v) is 9.21. The van der Waals surface area contributed by atoms with Gasteiger partial charge in [-0.1, -0.05) is 29.3 Å². The van der Waals surface area contributed by atoms with Gasteiger partial charge in [0.05, 0.1) is 22.8 Å². The lowest BCUT2D eigenvalue weighted by Crippen LogP contribution is -2.63. The van der Waals surface area contributed by atoms with Crippen molar-refractivity contribution in [2.75, 3.05) is 25.1 Å². The topological polar surface area (TPSA) is 87.2 Å². The number of piperidine rings is 1. The molecule has 148 valence electrons. The molecule has 1 amide bonds. The highest BCUT2D eigenvalue weighted by Crippen LogP contribution is 2.42. The van der Waals surface area contributed by atoms with Crippen LogP contribution in [0.3, 0.4) is 0 Å². The fraction of sp³-hybridized carbons (Fsp3) is 0.500. The molecule has 9 heteroatoms. The third kappa shape index (κ3) is 4.05. The number of carbonyl (C=O) groups excluding carboxylic acids is 2. The van der Waals surface area contributed by atoms with E-state index in [2.05, 4.69) is 0 Å². The molecule has 1 aliphatic heterocycles. The van der Waals surface area contributed by atoms with Crippen LogP contribution in [0, 0.1) is 0 Å². The van der Waals surface area contributed by atoms with Gasteiger partial charge in [-0.25, -0.2) is 4.79 Å². The van der Waals surface area contributed by atoms with Crippen molar-refractivity contribution in [3.63, 3.8) is 0 Å². The predicted molar refractivity (Wildman–Crippen MR) is 102 cm³/mol. The highest BCUT2D eigenvalue weighted by Gasteiger charge is 2.51. The van der Waals surface area contributed by atoms with Crippen molar-refractivity contribution in [2.45, 2.75) is 38.3 Å². The molecule has 1 aliphatic rings. The summed E-state index contributed by atoms with van der Waals surface area (Å²) in [5, 5.41) is 9.71. The average Bonchev–Trinajstić information content (AvgIpc) is 2.63. The molecule has 1 unspecified atom stereocenters. The van der Waals surface area contributed by atoms with E-state index in [9.17, 15) is 19.5 Å². The maximum Gasteiger partial charge on any atom is 0.332 e. The number of anilines is 1. The molecule has 1 aromatic carbocycles. The van der Waals surface area contributed by atoms with Crippen LogP contribution in [-0.2, 0) is 19.1 Å². The Labute approximate surface area is 167 Å². The molecular formula is C18H22Cl2N2O5. The Morgan fingerprint density at radius 3 is 2.15 bits per heavy atom. The third-order valence-corrected chi connectivity index (χ3v) is 5.61. The summed E-state index contributed by atoms with van der Waals surface area (Å²) in [5.41, 5.74) is -1.07. The lowest BCUT2D eigenvalue weighted by molar-refractivity contribution is -0.152. The zero-order valence-electron chi connectivity index (χ0n) is 15.4. The molecule has 2 rings (SSSR count). The molecule has 1 atom stereocenters. The van der Waals surface area contributed by atoms with E-state index < -0.39 is 29.4 Å². The second-order valence-corrected chi connectivity index (χ2v) is 7.31. The minimum absolute atomic E-state index is 0.193. The third-order valence-electron chi connectivity index (χ3n) is 5.00. The molecule has 7 nitrogen and oxygen atoms in total. The Morgan fingerprint density at radius 2 is 1.74 bits per heavy atom. The maximum absolute atomic E-state index is 12.8. The number of carboxylic acids is 1. The van der Waals surface area contributed by atoms with Crippen LogP contribution in [0.25, 0.3) is 0 Å². The molecule has 0 bridgehead atoms. The fourth-order valence-electron chi connectivity index (χ4n) is 3.52. The minimum atomic E-state index is -1.32. The van der Waals surface area contributed by atoms with Gasteiger partial charge in [-0.05, 0) is 31.9 Å².